The van der Waals surface area contributed by atoms with E-state index in [4.69, 9.17) is 10.0 Å². The SMILES string of the molecule is OB(O)c1cnc(F)s1. The third-order valence-corrected chi connectivity index (χ3v) is 1.58. The molecule has 2 N–H and O–H groups in total. The molecule has 0 amide bonds. The molecular formula is C3H3BFNO2S. The Morgan fingerprint density at radius 2 is 2.33 bits per heavy atom. The second kappa shape index (κ2) is 2.42. The topological polar surface area (TPSA) is 53.4 Å². The average Bonchev–Trinajstić information content (AvgIpc) is 2.14. The fourth-order valence-corrected chi connectivity index (χ4v) is 0.894. The average molecular weight is 147 g/mol. The lowest BCUT2D eigenvalue weighted by atomic mass is 9.91. The third kappa shape index (κ3) is 1.47. The van der Waals surface area contributed by atoms with Gasteiger partial charge in [0.05, 0.1) is 4.78 Å². The van der Waals surface area contributed by atoms with Gasteiger partial charge in [0.25, 0.3) is 5.26 Å². The highest BCUT2D eigenvalue weighted by Gasteiger charge is 2.14. The molecular weight excluding hydrogens is 144 g/mol. The standard InChI is InChI=1S/C3H3BFNO2S/c5-3-6-1-2(9-3)4(7)8/h1,7-8H. The van der Waals surface area contributed by atoms with Crippen LogP contribution in [-0.4, -0.2) is 22.2 Å². The zero-order chi connectivity index (χ0) is 6.85. The molecule has 1 rings (SSSR count). The molecule has 0 unspecified atom stereocenters. The van der Waals surface area contributed by atoms with Gasteiger partial charge in [0.15, 0.2) is 0 Å². The molecule has 0 saturated heterocycles. The number of thiazole rings is 1. The van der Waals surface area contributed by atoms with E-state index in [9.17, 15) is 4.39 Å². The van der Waals surface area contributed by atoms with Crippen molar-refractivity contribution < 1.29 is 14.4 Å². The first-order chi connectivity index (χ1) is 4.20. The Morgan fingerprint density at radius 1 is 1.67 bits per heavy atom. The van der Waals surface area contributed by atoms with E-state index in [1.807, 2.05) is 0 Å². The van der Waals surface area contributed by atoms with Crippen LogP contribution in [0.2, 0.25) is 0 Å². The van der Waals surface area contributed by atoms with Crippen LogP contribution in [0.4, 0.5) is 4.39 Å². The van der Waals surface area contributed by atoms with Crippen molar-refractivity contribution in [2.75, 3.05) is 0 Å². The Balaban J connectivity index is 2.85. The Labute approximate surface area is 54.9 Å². The summed E-state index contributed by atoms with van der Waals surface area (Å²) in [5.74, 6) is 0. The van der Waals surface area contributed by atoms with Gasteiger partial charge in [-0.2, -0.15) is 4.39 Å². The fourth-order valence-electron chi connectivity index (χ4n) is 0.384. The minimum Gasteiger partial charge on any atom is -0.423 e. The second-order valence-electron chi connectivity index (χ2n) is 1.39. The largest absolute Gasteiger partial charge is 0.500 e. The molecule has 0 aromatic carbocycles. The zero-order valence-electron chi connectivity index (χ0n) is 4.28. The van der Waals surface area contributed by atoms with Crippen molar-refractivity contribution in [2.24, 2.45) is 0 Å². The predicted molar refractivity (Wildman–Crippen MR) is 31.9 cm³/mol. The van der Waals surface area contributed by atoms with Gasteiger partial charge >= 0.3 is 7.12 Å². The summed E-state index contributed by atoms with van der Waals surface area (Å²) in [6.07, 6.45) is 1.09. The van der Waals surface area contributed by atoms with Crippen LogP contribution in [0, 0.1) is 5.26 Å². The van der Waals surface area contributed by atoms with Crippen LogP contribution in [0.5, 0.6) is 0 Å². The normalized spacial score (nSPS) is 9.67. The maximum atomic E-state index is 12.0. The lowest BCUT2D eigenvalue weighted by Crippen LogP contribution is -2.26. The molecule has 1 aromatic heterocycles. The van der Waals surface area contributed by atoms with Gasteiger partial charge < -0.3 is 10.0 Å². The van der Waals surface area contributed by atoms with E-state index in [1.54, 1.807) is 0 Å². The minimum atomic E-state index is -1.60. The summed E-state index contributed by atoms with van der Waals surface area (Å²) in [4.78, 5) is 3.17. The van der Waals surface area contributed by atoms with Crippen molar-refractivity contribution in [1.29, 1.82) is 0 Å². The van der Waals surface area contributed by atoms with E-state index >= 15 is 0 Å². The molecule has 0 fully saturated rings. The molecule has 0 saturated carbocycles. The molecule has 0 aliphatic carbocycles. The molecule has 0 bridgehead atoms. The van der Waals surface area contributed by atoms with Crippen LogP contribution in [0.1, 0.15) is 0 Å². The summed E-state index contributed by atoms with van der Waals surface area (Å²) in [5, 5.41) is 16.1. The van der Waals surface area contributed by atoms with Crippen molar-refractivity contribution in [3.05, 3.63) is 11.5 Å². The maximum absolute atomic E-state index is 12.0. The summed E-state index contributed by atoms with van der Waals surface area (Å²) < 4.78 is 12.1. The second-order valence-corrected chi connectivity index (χ2v) is 2.40. The number of hydrogen-bond donors (Lipinski definition) is 2. The Morgan fingerprint density at radius 3 is 2.56 bits per heavy atom. The van der Waals surface area contributed by atoms with Gasteiger partial charge in [-0.25, -0.2) is 4.98 Å². The number of aromatic nitrogens is 1. The van der Waals surface area contributed by atoms with E-state index < -0.39 is 12.4 Å². The lowest BCUT2D eigenvalue weighted by Gasteiger charge is -1.85. The first-order valence-electron chi connectivity index (χ1n) is 2.17. The van der Waals surface area contributed by atoms with Crippen LogP contribution in [0.3, 0.4) is 0 Å². The summed E-state index contributed by atoms with van der Waals surface area (Å²) in [5.41, 5.74) is 0. The van der Waals surface area contributed by atoms with Crippen LogP contribution in [-0.2, 0) is 0 Å². The van der Waals surface area contributed by atoms with Gasteiger partial charge in [0.2, 0.25) is 0 Å². The summed E-state index contributed by atoms with van der Waals surface area (Å²) in [6, 6.07) is 0. The Kier molecular flexibility index (Phi) is 1.79. The van der Waals surface area contributed by atoms with Crippen molar-refractivity contribution in [3.63, 3.8) is 0 Å². The molecule has 0 aliphatic rings. The number of rotatable bonds is 1. The highest BCUT2D eigenvalue weighted by Crippen LogP contribution is 1.97. The monoisotopic (exact) mass is 147 g/mol. The van der Waals surface area contributed by atoms with Gasteiger partial charge in [-0.05, 0) is 0 Å². The Hall–Kier alpha value is -0.455. The molecule has 1 heterocycles. The number of nitrogens with zero attached hydrogens (tertiary/aromatic N) is 1. The molecule has 0 spiro atoms. The van der Waals surface area contributed by atoms with Crippen molar-refractivity contribution >= 4 is 23.2 Å². The molecule has 1 aromatic rings. The van der Waals surface area contributed by atoms with Gasteiger partial charge in [-0.15, -0.1) is 0 Å². The van der Waals surface area contributed by atoms with Crippen LogP contribution < -0.4 is 4.78 Å². The molecule has 9 heavy (non-hydrogen) atoms. The van der Waals surface area contributed by atoms with Crippen molar-refractivity contribution in [3.8, 4) is 0 Å². The molecule has 0 aliphatic heterocycles. The quantitative estimate of drug-likeness (QED) is 0.499. The van der Waals surface area contributed by atoms with Crippen LogP contribution in [0.25, 0.3) is 0 Å². The van der Waals surface area contributed by atoms with E-state index in [1.165, 1.54) is 0 Å². The van der Waals surface area contributed by atoms with E-state index in [-0.39, 0.29) is 4.78 Å². The number of halogens is 1. The van der Waals surface area contributed by atoms with Crippen molar-refractivity contribution in [2.45, 2.75) is 0 Å². The third-order valence-electron chi connectivity index (χ3n) is 0.750. The first kappa shape index (κ1) is 6.66. The highest BCUT2D eigenvalue weighted by molar-refractivity contribution is 7.20. The number of hydrogen-bond acceptors (Lipinski definition) is 4. The predicted octanol–water partition coefficient (Wildman–Crippen LogP) is -1.04. The molecule has 0 radical (unpaired) electrons. The Bertz CT molecular complexity index is 203. The van der Waals surface area contributed by atoms with Crippen LogP contribution in [0.15, 0.2) is 6.20 Å². The lowest BCUT2D eigenvalue weighted by molar-refractivity contribution is 0.427. The molecule has 6 heteroatoms. The zero-order valence-corrected chi connectivity index (χ0v) is 5.10. The van der Waals surface area contributed by atoms with E-state index in [0.29, 0.717) is 11.3 Å². The van der Waals surface area contributed by atoms with Gasteiger partial charge in [-0.1, -0.05) is 11.3 Å². The van der Waals surface area contributed by atoms with Gasteiger partial charge in [0, 0.05) is 6.20 Å². The summed E-state index contributed by atoms with van der Waals surface area (Å²) >= 11 is 0.618. The fraction of sp³-hybridized carbons (Fsp3) is 0. The highest BCUT2D eigenvalue weighted by atomic mass is 32.1. The minimum absolute atomic E-state index is 0.118. The summed E-state index contributed by atoms with van der Waals surface area (Å²) in [7, 11) is -1.60. The van der Waals surface area contributed by atoms with Gasteiger partial charge in [0.1, 0.15) is 0 Å². The molecule has 0 atom stereocenters. The van der Waals surface area contributed by atoms with E-state index in [0.717, 1.165) is 6.20 Å². The van der Waals surface area contributed by atoms with Gasteiger partial charge in [-0.3, -0.25) is 0 Å². The molecule has 3 nitrogen and oxygen atoms in total. The van der Waals surface area contributed by atoms with E-state index in [2.05, 4.69) is 4.98 Å². The molecule has 48 valence electrons. The first-order valence-corrected chi connectivity index (χ1v) is 2.99. The van der Waals surface area contributed by atoms with Crippen molar-refractivity contribution in [1.82, 2.24) is 4.98 Å². The maximum Gasteiger partial charge on any atom is 0.500 e. The van der Waals surface area contributed by atoms with Crippen LogP contribution >= 0.6 is 11.3 Å². The summed E-state index contributed by atoms with van der Waals surface area (Å²) in [6.45, 7) is 0. The smallest absolute Gasteiger partial charge is 0.423 e.